The van der Waals surface area contributed by atoms with Crippen molar-refractivity contribution < 1.29 is 4.79 Å². The maximum Gasteiger partial charge on any atom is 0.220 e. The zero-order chi connectivity index (χ0) is 15.1. The molecule has 0 bridgehead atoms. The number of nitrogen functional groups attached to an aromatic ring is 1. The number of hydrogen-bond acceptors (Lipinski definition) is 3. The summed E-state index contributed by atoms with van der Waals surface area (Å²) in [6.45, 7) is 2.14. The Balaban J connectivity index is 1.88. The number of nitrogens with one attached hydrogen (secondary N) is 1. The van der Waals surface area contributed by atoms with E-state index in [1.807, 2.05) is 30.3 Å². The summed E-state index contributed by atoms with van der Waals surface area (Å²) in [5.74, 6) is 0.101. The summed E-state index contributed by atoms with van der Waals surface area (Å²) in [6, 6.07) is 12.0. The molecule has 1 aromatic carbocycles. The van der Waals surface area contributed by atoms with Crippen LogP contribution in [0.3, 0.4) is 0 Å². The number of carbonyl (C=O) groups is 1. The van der Waals surface area contributed by atoms with Crippen LogP contribution in [0.15, 0.2) is 41.8 Å². The highest BCUT2D eigenvalue weighted by Crippen LogP contribution is 2.23. The van der Waals surface area contributed by atoms with E-state index in [2.05, 4.69) is 23.7 Å². The van der Waals surface area contributed by atoms with Crippen molar-refractivity contribution in [2.24, 2.45) is 0 Å². The van der Waals surface area contributed by atoms with Crippen LogP contribution >= 0.6 is 11.3 Å². The lowest BCUT2D eigenvalue weighted by Gasteiger charge is -2.16. The number of anilines is 1. The first-order valence-corrected chi connectivity index (χ1v) is 8.24. The molecule has 0 aliphatic heterocycles. The Bertz CT molecular complexity index is 566. The molecule has 2 rings (SSSR count). The Hall–Kier alpha value is -1.81. The molecule has 0 spiro atoms. The molecule has 1 aromatic heterocycles. The normalized spacial score (nSPS) is 12.0. The van der Waals surface area contributed by atoms with E-state index in [0.29, 0.717) is 6.42 Å². The molecule has 0 aliphatic carbocycles. The fraction of sp³-hybridized carbons (Fsp3) is 0.353. The van der Waals surface area contributed by atoms with Gasteiger partial charge in [0, 0.05) is 17.0 Å². The van der Waals surface area contributed by atoms with Gasteiger partial charge >= 0.3 is 0 Å². The number of nitrogens with two attached hydrogens (primary N) is 1. The second-order valence-electron chi connectivity index (χ2n) is 5.17. The molecule has 1 heterocycles. The second kappa shape index (κ2) is 7.84. The zero-order valence-corrected chi connectivity index (χ0v) is 13.2. The summed E-state index contributed by atoms with van der Waals surface area (Å²) in [7, 11) is 0. The van der Waals surface area contributed by atoms with Gasteiger partial charge in [-0.25, -0.2) is 0 Å². The van der Waals surface area contributed by atoms with Crippen molar-refractivity contribution in [2.75, 3.05) is 5.73 Å². The first-order chi connectivity index (χ1) is 10.2. The maximum atomic E-state index is 12.1. The predicted octanol–water partition coefficient (Wildman–Crippen LogP) is 3.92. The van der Waals surface area contributed by atoms with Crippen molar-refractivity contribution in [1.29, 1.82) is 0 Å². The number of amides is 1. The van der Waals surface area contributed by atoms with Gasteiger partial charge < -0.3 is 11.1 Å². The fourth-order valence-corrected chi connectivity index (χ4v) is 3.15. The standard InChI is InChI=1S/C17H22N2OS/c1-2-5-15(16-8-4-11-21-16)19-17(20)10-9-13-6-3-7-14(18)12-13/h3-4,6-8,11-12,15H,2,5,9-10,18H2,1H3,(H,19,20). The molecule has 0 fully saturated rings. The Morgan fingerprint density at radius 1 is 1.33 bits per heavy atom. The Morgan fingerprint density at radius 3 is 2.86 bits per heavy atom. The van der Waals surface area contributed by atoms with Crippen LogP contribution < -0.4 is 11.1 Å². The molecule has 0 aliphatic rings. The Kier molecular flexibility index (Phi) is 5.81. The first kappa shape index (κ1) is 15.6. The third kappa shape index (κ3) is 4.90. The van der Waals surface area contributed by atoms with Crippen molar-refractivity contribution in [3.05, 3.63) is 52.2 Å². The molecule has 1 amide bonds. The molecule has 1 atom stereocenters. The number of hydrogen-bond donors (Lipinski definition) is 2. The molecular formula is C17H22N2OS. The largest absolute Gasteiger partial charge is 0.399 e. The van der Waals surface area contributed by atoms with Crippen molar-refractivity contribution in [3.63, 3.8) is 0 Å². The van der Waals surface area contributed by atoms with E-state index in [1.165, 1.54) is 4.88 Å². The van der Waals surface area contributed by atoms with Crippen molar-refractivity contribution >= 4 is 22.9 Å². The minimum Gasteiger partial charge on any atom is -0.399 e. The van der Waals surface area contributed by atoms with Crippen LogP contribution in [0.5, 0.6) is 0 Å². The SMILES string of the molecule is CCCC(NC(=O)CCc1cccc(N)c1)c1cccs1. The first-order valence-electron chi connectivity index (χ1n) is 7.36. The van der Waals surface area contributed by atoms with E-state index < -0.39 is 0 Å². The minimum absolute atomic E-state index is 0.101. The van der Waals surface area contributed by atoms with E-state index in [-0.39, 0.29) is 11.9 Å². The van der Waals surface area contributed by atoms with Gasteiger partial charge in [-0.05, 0) is 42.0 Å². The monoisotopic (exact) mass is 302 g/mol. The number of rotatable bonds is 7. The second-order valence-corrected chi connectivity index (χ2v) is 6.15. The van der Waals surface area contributed by atoms with Crippen molar-refractivity contribution in [1.82, 2.24) is 5.32 Å². The molecular weight excluding hydrogens is 280 g/mol. The molecule has 0 saturated carbocycles. The van der Waals surface area contributed by atoms with E-state index in [0.717, 1.165) is 30.5 Å². The third-order valence-corrected chi connectivity index (χ3v) is 4.38. The highest BCUT2D eigenvalue weighted by molar-refractivity contribution is 7.10. The van der Waals surface area contributed by atoms with Crippen LogP contribution in [-0.4, -0.2) is 5.91 Å². The molecule has 21 heavy (non-hydrogen) atoms. The average Bonchev–Trinajstić information content (AvgIpc) is 2.99. The van der Waals surface area contributed by atoms with Gasteiger partial charge in [0.1, 0.15) is 0 Å². The number of aryl methyl sites for hydroxylation is 1. The molecule has 3 nitrogen and oxygen atoms in total. The van der Waals surface area contributed by atoms with E-state index in [1.54, 1.807) is 11.3 Å². The summed E-state index contributed by atoms with van der Waals surface area (Å²) in [6.07, 6.45) is 3.25. The molecule has 1 unspecified atom stereocenters. The molecule has 4 heteroatoms. The van der Waals surface area contributed by atoms with Gasteiger partial charge in [-0.3, -0.25) is 4.79 Å². The van der Waals surface area contributed by atoms with Crippen LogP contribution in [0.2, 0.25) is 0 Å². The maximum absolute atomic E-state index is 12.1. The minimum atomic E-state index is 0.101. The van der Waals surface area contributed by atoms with E-state index in [9.17, 15) is 4.79 Å². The van der Waals surface area contributed by atoms with Crippen LogP contribution in [-0.2, 0) is 11.2 Å². The van der Waals surface area contributed by atoms with Crippen molar-refractivity contribution in [3.8, 4) is 0 Å². The van der Waals surface area contributed by atoms with Gasteiger partial charge in [0.15, 0.2) is 0 Å². The number of thiophene rings is 1. The van der Waals surface area contributed by atoms with E-state index in [4.69, 9.17) is 5.73 Å². The van der Waals surface area contributed by atoms with Crippen LogP contribution in [0.1, 0.15) is 42.7 Å². The van der Waals surface area contributed by atoms with Crippen LogP contribution in [0.4, 0.5) is 5.69 Å². The molecule has 0 saturated heterocycles. The zero-order valence-electron chi connectivity index (χ0n) is 12.3. The Morgan fingerprint density at radius 2 is 2.19 bits per heavy atom. The topological polar surface area (TPSA) is 55.1 Å². The molecule has 112 valence electrons. The fourth-order valence-electron chi connectivity index (χ4n) is 2.34. The summed E-state index contributed by atoms with van der Waals surface area (Å²) in [5.41, 5.74) is 7.60. The highest BCUT2D eigenvalue weighted by Gasteiger charge is 2.14. The van der Waals surface area contributed by atoms with Gasteiger partial charge in [0.25, 0.3) is 0 Å². The quantitative estimate of drug-likeness (QED) is 0.762. The third-order valence-electron chi connectivity index (χ3n) is 3.39. The van der Waals surface area contributed by atoms with Crippen LogP contribution in [0, 0.1) is 0 Å². The highest BCUT2D eigenvalue weighted by atomic mass is 32.1. The Labute approximate surface area is 130 Å². The van der Waals surface area contributed by atoms with Gasteiger partial charge in [0.2, 0.25) is 5.91 Å². The van der Waals surface area contributed by atoms with Crippen molar-refractivity contribution in [2.45, 2.75) is 38.6 Å². The summed E-state index contributed by atoms with van der Waals surface area (Å²) in [5, 5.41) is 5.20. The average molecular weight is 302 g/mol. The lowest BCUT2D eigenvalue weighted by Crippen LogP contribution is -2.28. The lowest BCUT2D eigenvalue weighted by atomic mass is 10.1. The van der Waals surface area contributed by atoms with Gasteiger partial charge in [-0.1, -0.05) is 31.5 Å². The number of carbonyl (C=O) groups excluding carboxylic acids is 1. The molecule has 0 radical (unpaired) electrons. The summed E-state index contributed by atoms with van der Waals surface area (Å²) >= 11 is 1.70. The predicted molar refractivity (Wildman–Crippen MR) is 89.3 cm³/mol. The van der Waals surface area contributed by atoms with E-state index >= 15 is 0 Å². The number of benzene rings is 1. The van der Waals surface area contributed by atoms with Gasteiger partial charge in [-0.15, -0.1) is 11.3 Å². The molecule has 3 N–H and O–H groups in total. The van der Waals surface area contributed by atoms with Gasteiger partial charge in [0.05, 0.1) is 6.04 Å². The summed E-state index contributed by atoms with van der Waals surface area (Å²) < 4.78 is 0. The lowest BCUT2D eigenvalue weighted by molar-refractivity contribution is -0.121. The van der Waals surface area contributed by atoms with Crippen LogP contribution in [0.25, 0.3) is 0 Å². The van der Waals surface area contributed by atoms with Gasteiger partial charge in [-0.2, -0.15) is 0 Å². The summed E-state index contributed by atoms with van der Waals surface area (Å²) in [4.78, 5) is 13.4. The molecule has 2 aromatic rings. The smallest absolute Gasteiger partial charge is 0.220 e.